The third-order valence-corrected chi connectivity index (χ3v) is 3.43. The molecule has 5 heteroatoms. The van der Waals surface area contributed by atoms with Gasteiger partial charge in [0.25, 0.3) is 5.56 Å². The van der Waals surface area contributed by atoms with E-state index >= 15 is 0 Å². The average molecular weight is 250 g/mol. The maximum absolute atomic E-state index is 11.5. The number of nitrogens with one attached hydrogen (secondary N) is 2. The number of aryl methyl sites for hydroxylation is 1. The highest BCUT2D eigenvalue weighted by Gasteiger charge is 2.17. The third-order valence-electron chi connectivity index (χ3n) is 3.43. The van der Waals surface area contributed by atoms with E-state index in [1.807, 2.05) is 6.92 Å². The molecule has 100 valence electrons. The molecule has 5 nitrogen and oxygen atoms in total. The van der Waals surface area contributed by atoms with Crippen molar-refractivity contribution in [3.05, 3.63) is 22.2 Å². The van der Waals surface area contributed by atoms with Gasteiger partial charge in [-0.25, -0.2) is 4.98 Å². The number of hydrogen-bond acceptors (Lipinski definition) is 4. The van der Waals surface area contributed by atoms with Crippen LogP contribution in [0.3, 0.4) is 0 Å². The summed E-state index contributed by atoms with van der Waals surface area (Å²) in [6.07, 6.45) is 2.50. The summed E-state index contributed by atoms with van der Waals surface area (Å²) in [7, 11) is 0. The minimum atomic E-state index is -0.0716. The maximum atomic E-state index is 11.5. The number of aromatic amines is 1. The van der Waals surface area contributed by atoms with E-state index in [0.29, 0.717) is 11.7 Å². The van der Waals surface area contributed by atoms with Gasteiger partial charge >= 0.3 is 0 Å². The van der Waals surface area contributed by atoms with Gasteiger partial charge in [0.15, 0.2) is 0 Å². The molecule has 0 aliphatic carbocycles. The Labute approximate surface area is 108 Å². The molecule has 1 aromatic rings. The smallest absolute Gasteiger partial charge is 0.252 e. The van der Waals surface area contributed by atoms with Gasteiger partial charge in [-0.3, -0.25) is 4.79 Å². The molecule has 1 unspecified atom stereocenters. The Hall–Kier alpha value is -1.36. The SMILES string of the molecule is CCN(CC1CCCNC1)c1cc(=O)[nH]c(C)n1. The lowest BCUT2D eigenvalue weighted by Crippen LogP contribution is -2.39. The van der Waals surface area contributed by atoms with E-state index in [0.717, 1.165) is 32.0 Å². The third kappa shape index (κ3) is 3.32. The number of aromatic nitrogens is 2. The van der Waals surface area contributed by atoms with Crippen LogP contribution in [0.15, 0.2) is 10.9 Å². The van der Waals surface area contributed by atoms with Crippen molar-refractivity contribution >= 4 is 5.82 Å². The lowest BCUT2D eigenvalue weighted by molar-refractivity contribution is 0.377. The summed E-state index contributed by atoms with van der Waals surface area (Å²) in [4.78, 5) is 20.8. The number of anilines is 1. The van der Waals surface area contributed by atoms with Crippen LogP contribution in [0.25, 0.3) is 0 Å². The summed E-state index contributed by atoms with van der Waals surface area (Å²) in [6.45, 7) is 7.98. The molecule has 18 heavy (non-hydrogen) atoms. The molecule has 1 aliphatic rings. The molecule has 0 spiro atoms. The molecule has 1 aliphatic heterocycles. The van der Waals surface area contributed by atoms with Crippen LogP contribution in [0.4, 0.5) is 5.82 Å². The molecule has 1 aromatic heterocycles. The molecule has 0 radical (unpaired) electrons. The van der Waals surface area contributed by atoms with Crippen molar-refractivity contribution in [2.75, 3.05) is 31.1 Å². The van der Waals surface area contributed by atoms with E-state index in [4.69, 9.17) is 0 Å². The van der Waals surface area contributed by atoms with Crippen LogP contribution in [0, 0.1) is 12.8 Å². The first kappa shape index (κ1) is 13.1. The Bertz CT molecular complexity index is 437. The van der Waals surface area contributed by atoms with Crippen molar-refractivity contribution in [1.82, 2.24) is 15.3 Å². The molecule has 0 amide bonds. The summed E-state index contributed by atoms with van der Waals surface area (Å²) in [6, 6.07) is 1.59. The van der Waals surface area contributed by atoms with Crippen molar-refractivity contribution in [3.8, 4) is 0 Å². The van der Waals surface area contributed by atoms with Crippen LogP contribution in [0.5, 0.6) is 0 Å². The van der Waals surface area contributed by atoms with Crippen LogP contribution < -0.4 is 15.8 Å². The zero-order valence-corrected chi connectivity index (χ0v) is 11.2. The molecule has 0 saturated carbocycles. The molecular formula is C13H22N4O. The summed E-state index contributed by atoms with van der Waals surface area (Å²) in [5.41, 5.74) is -0.0716. The van der Waals surface area contributed by atoms with Crippen molar-refractivity contribution < 1.29 is 0 Å². The zero-order chi connectivity index (χ0) is 13.0. The Balaban J connectivity index is 2.09. The first-order chi connectivity index (χ1) is 8.69. The normalized spacial score (nSPS) is 19.8. The van der Waals surface area contributed by atoms with Gasteiger partial charge < -0.3 is 15.2 Å². The topological polar surface area (TPSA) is 61.0 Å². The van der Waals surface area contributed by atoms with E-state index in [-0.39, 0.29) is 5.56 Å². The first-order valence-electron chi connectivity index (χ1n) is 6.72. The lowest BCUT2D eigenvalue weighted by Gasteiger charge is -2.30. The van der Waals surface area contributed by atoms with Crippen molar-refractivity contribution in [2.45, 2.75) is 26.7 Å². The second kappa shape index (κ2) is 6.00. The number of rotatable bonds is 4. The Morgan fingerprint density at radius 3 is 3.00 bits per heavy atom. The monoisotopic (exact) mass is 250 g/mol. The highest BCUT2D eigenvalue weighted by molar-refractivity contribution is 5.37. The van der Waals surface area contributed by atoms with Gasteiger partial charge in [-0.1, -0.05) is 0 Å². The van der Waals surface area contributed by atoms with Crippen molar-refractivity contribution in [2.24, 2.45) is 5.92 Å². The molecule has 2 rings (SSSR count). The van der Waals surface area contributed by atoms with E-state index in [2.05, 4.69) is 27.1 Å². The predicted molar refractivity (Wildman–Crippen MR) is 73.1 cm³/mol. The quantitative estimate of drug-likeness (QED) is 0.833. The van der Waals surface area contributed by atoms with Crippen molar-refractivity contribution in [1.29, 1.82) is 0 Å². The molecule has 1 saturated heterocycles. The molecular weight excluding hydrogens is 228 g/mol. The van der Waals surface area contributed by atoms with Gasteiger partial charge in [0.1, 0.15) is 11.6 Å². The second-order valence-electron chi connectivity index (χ2n) is 4.94. The van der Waals surface area contributed by atoms with Crippen LogP contribution in [0.1, 0.15) is 25.6 Å². The molecule has 1 atom stereocenters. The van der Waals surface area contributed by atoms with Gasteiger partial charge in [-0.2, -0.15) is 0 Å². The summed E-state index contributed by atoms with van der Waals surface area (Å²) in [5, 5.41) is 3.42. The largest absolute Gasteiger partial charge is 0.356 e. The molecule has 1 fully saturated rings. The van der Waals surface area contributed by atoms with Crippen molar-refractivity contribution in [3.63, 3.8) is 0 Å². The second-order valence-corrected chi connectivity index (χ2v) is 4.94. The van der Waals surface area contributed by atoms with Gasteiger partial charge in [-0.05, 0) is 45.7 Å². The Morgan fingerprint density at radius 1 is 1.56 bits per heavy atom. The fourth-order valence-corrected chi connectivity index (χ4v) is 2.50. The zero-order valence-electron chi connectivity index (χ0n) is 11.2. The van der Waals surface area contributed by atoms with E-state index in [1.54, 1.807) is 6.07 Å². The minimum Gasteiger partial charge on any atom is -0.356 e. The Kier molecular flexibility index (Phi) is 4.36. The first-order valence-corrected chi connectivity index (χ1v) is 6.72. The van der Waals surface area contributed by atoms with E-state index < -0.39 is 0 Å². The summed E-state index contributed by atoms with van der Waals surface area (Å²) < 4.78 is 0. The number of piperidine rings is 1. The number of H-pyrrole nitrogens is 1. The predicted octanol–water partition coefficient (Wildman–Crippen LogP) is 0.904. The molecule has 0 aromatic carbocycles. The summed E-state index contributed by atoms with van der Waals surface area (Å²) in [5.74, 6) is 2.13. The maximum Gasteiger partial charge on any atom is 0.252 e. The van der Waals surface area contributed by atoms with Gasteiger partial charge in [0, 0.05) is 19.2 Å². The standard InChI is InChI=1S/C13H22N4O/c1-3-17(9-11-5-4-6-14-8-11)12-7-13(18)16-10(2)15-12/h7,11,14H,3-6,8-9H2,1-2H3,(H,15,16,18). The van der Waals surface area contributed by atoms with Gasteiger partial charge in [-0.15, -0.1) is 0 Å². The van der Waals surface area contributed by atoms with Gasteiger partial charge in [0.2, 0.25) is 0 Å². The fraction of sp³-hybridized carbons (Fsp3) is 0.692. The highest BCUT2D eigenvalue weighted by Crippen LogP contribution is 2.15. The lowest BCUT2D eigenvalue weighted by atomic mass is 9.99. The molecule has 2 heterocycles. The highest BCUT2D eigenvalue weighted by atomic mass is 16.1. The van der Waals surface area contributed by atoms with Crippen LogP contribution >= 0.6 is 0 Å². The summed E-state index contributed by atoms with van der Waals surface area (Å²) >= 11 is 0. The Morgan fingerprint density at radius 2 is 2.39 bits per heavy atom. The number of nitrogens with zero attached hydrogens (tertiary/aromatic N) is 2. The minimum absolute atomic E-state index is 0.0716. The van der Waals surface area contributed by atoms with Crippen LogP contribution in [-0.2, 0) is 0 Å². The van der Waals surface area contributed by atoms with Gasteiger partial charge in [0.05, 0.1) is 0 Å². The van der Waals surface area contributed by atoms with Crippen LogP contribution in [0.2, 0.25) is 0 Å². The van der Waals surface area contributed by atoms with E-state index in [9.17, 15) is 4.79 Å². The average Bonchev–Trinajstić information content (AvgIpc) is 2.36. The molecule has 0 bridgehead atoms. The fourth-order valence-electron chi connectivity index (χ4n) is 2.50. The number of hydrogen-bond donors (Lipinski definition) is 2. The molecule has 2 N–H and O–H groups in total. The van der Waals surface area contributed by atoms with Crippen LogP contribution in [-0.4, -0.2) is 36.1 Å². The van der Waals surface area contributed by atoms with E-state index in [1.165, 1.54) is 12.8 Å².